The molecule has 0 spiro atoms. The van der Waals surface area contributed by atoms with Crippen LogP contribution >= 0.6 is 0 Å². The van der Waals surface area contributed by atoms with Crippen molar-refractivity contribution in [1.82, 2.24) is 29.5 Å². The number of carboxylic acids is 1. The molecule has 2 N–H and O–H groups in total. The van der Waals surface area contributed by atoms with E-state index in [1.807, 2.05) is 0 Å². The van der Waals surface area contributed by atoms with Crippen LogP contribution in [0.4, 0.5) is 13.2 Å². The molecule has 1 aliphatic rings. The zero-order valence-corrected chi connectivity index (χ0v) is 16.0. The molecule has 160 valence electrons. The molecule has 0 aromatic carbocycles. The topological polar surface area (TPSA) is 119 Å². The zero-order valence-electron chi connectivity index (χ0n) is 16.0. The summed E-state index contributed by atoms with van der Waals surface area (Å²) in [6.45, 7) is 2.02. The Kier molecular flexibility index (Phi) is 4.86. The molecule has 30 heavy (non-hydrogen) atoms. The summed E-state index contributed by atoms with van der Waals surface area (Å²) in [7, 11) is 0. The number of carbonyl (C=O) groups is 1. The van der Waals surface area contributed by atoms with Crippen molar-refractivity contribution < 1.29 is 23.1 Å². The Bertz CT molecular complexity index is 1150. The molecule has 12 heteroatoms. The van der Waals surface area contributed by atoms with Crippen LogP contribution in [0.3, 0.4) is 0 Å². The van der Waals surface area contributed by atoms with Gasteiger partial charge < -0.3 is 5.11 Å². The van der Waals surface area contributed by atoms with E-state index in [4.69, 9.17) is 5.11 Å². The summed E-state index contributed by atoms with van der Waals surface area (Å²) in [6.07, 6.45) is -0.805. The Morgan fingerprint density at radius 2 is 2.00 bits per heavy atom. The second-order valence-corrected chi connectivity index (χ2v) is 7.59. The van der Waals surface area contributed by atoms with Gasteiger partial charge >= 0.3 is 12.1 Å². The number of hydrogen-bond acceptors (Lipinski definition) is 5. The van der Waals surface area contributed by atoms with Gasteiger partial charge in [-0.25, -0.2) is 14.5 Å². The summed E-state index contributed by atoms with van der Waals surface area (Å²) >= 11 is 0. The van der Waals surface area contributed by atoms with E-state index < -0.39 is 23.6 Å². The average molecular weight is 424 g/mol. The minimum Gasteiger partial charge on any atom is -0.478 e. The van der Waals surface area contributed by atoms with Crippen LogP contribution in [0, 0.1) is 18.8 Å². The van der Waals surface area contributed by atoms with Gasteiger partial charge in [0, 0.05) is 12.7 Å². The molecule has 0 bridgehead atoms. The van der Waals surface area contributed by atoms with Gasteiger partial charge in [-0.2, -0.15) is 23.4 Å². The number of aromatic nitrogens is 6. The number of aryl methyl sites for hydroxylation is 1. The molecule has 3 aromatic rings. The van der Waals surface area contributed by atoms with E-state index in [1.165, 1.54) is 10.9 Å². The lowest BCUT2D eigenvalue weighted by molar-refractivity contribution is -0.184. The van der Waals surface area contributed by atoms with Gasteiger partial charge in [-0.1, -0.05) is 0 Å². The number of halogens is 3. The summed E-state index contributed by atoms with van der Waals surface area (Å²) in [5, 5.41) is 17.3. The minimum absolute atomic E-state index is 0.00517. The van der Waals surface area contributed by atoms with Crippen molar-refractivity contribution in [2.24, 2.45) is 11.8 Å². The maximum Gasteiger partial charge on any atom is 0.391 e. The molecule has 9 nitrogen and oxygen atoms in total. The number of rotatable bonds is 4. The molecule has 1 saturated carbocycles. The van der Waals surface area contributed by atoms with Gasteiger partial charge in [0.15, 0.2) is 5.52 Å². The predicted octanol–water partition coefficient (Wildman–Crippen LogP) is 2.68. The van der Waals surface area contributed by atoms with Crippen LogP contribution in [0.25, 0.3) is 17.0 Å². The number of nitrogens with one attached hydrogen (secondary N) is 1. The standard InChI is InChI=1S/C18H19F3N6O3/c1-9-13-14(15(28)24-17(23-13)27-8-11(6-22-27)16(29)30)26(25-9)7-10-2-4-12(5-3-10)18(19,20)21/h6,8,10,12H,2-5,7H2,1H3,(H,29,30)(H,23,24,28). The molecule has 1 aliphatic carbocycles. The van der Waals surface area contributed by atoms with Crippen molar-refractivity contribution >= 4 is 17.0 Å². The quantitative estimate of drug-likeness (QED) is 0.665. The Hall–Kier alpha value is -3.18. The van der Waals surface area contributed by atoms with E-state index in [2.05, 4.69) is 20.2 Å². The van der Waals surface area contributed by atoms with Crippen LogP contribution in [0.1, 0.15) is 41.7 Å². The number of aromatic carboxylic acids is 1. The van der Waals surface area contributed by atoms with Gasteiger partial charge in [-0.15, -0.1) is 0 Å². The van der Waals surface area contributed by atoms with E-state index in [0.29, 0.717) is 30.6 Å². The van der Waals surface area contributed by atoms with Gasteiger partial charge in [0.25, 0.3) is 5.56 Å². The van der Waals surface area contributed by atoms with E-state index in [0.717, 1.165) is 10.9 Å². The molecule has 3 aromatic heterocycles. The van der Waals surface area contributed by atoms with Gasteiger partial charge in [0.1, 0.15) is 5.52 Å². The molecule has 0 aliphatic heterocycles. The molecule has 0 unspecified atom stereocenters. The summed E-state index contributed by atoms with van der Waals surface area (Å²) in [6, 6.07) is 0. The largest absolute Gasteiger partial charge is 0.478 e. The molecule has 1 fully saturated rings. The van der Waals surface area contributed by atoms with Crippen LogP contribution in [0.15, 0.2) is 17.2 Å². The van der Waals surface area contributed by atoms with Crippen LogP contribution in [0.5, 0.6) is 0 Å². The molecule has 0 radical (unpaired) electrons. The van der Waals surface area contributed by atoms with Crippen molar-refractivity contribution in [3.63, 3.8) is 0 Å². The Morgan fingerprint density at radius 1 is 1.30 bits per heavy atom. The number of alkyl halides is 3. The lowest BCUT2D eigenvalue weighted by atomic mass is 9.81. The summed E-state index contributed by atoms with van der Waals surface area (Å²) in [5.41, 5.74) is 0.531. The first-order chi connectivity index (χ1) is 14.1. The molecular weight excluding hydrogens is 405 g/mol. The highest BCUT2D eigenvalue weighted by Gasteiger charge is 2.41. The van der Waals surface area contributed by atoms with Gasteiger partial charge in [-0.3, -0.25) is 14.5 Å². The van der Waals surface area contributed by atoms with Crippen molar-refractivity contribution in [1.29, 1.82) is 0 Å². The Balaban J connectivity index is 1.60. The fourth-order valence-corrected chi connectivity index (χ4v) is 3.93. The molecule has 0 amide bonds. The smallest absolute Gasteiger partial charge is 0.391 e. The Morgan fingerprint density at radius 3 is 2.60 bits per heavy atom. The van der Waals surface area contributed by atoms with E-state index in [-0.39, 0.29) is 35.8 Å². The highest BCUT2D eigenvalue weighted by atomic mass is 19.4. The average Bonchev–Trinajstić information content (AvgIpc) is 3.27. The van der Waals surface area contributed by atoms with Gasteiger partial charge in [0.2, 0.25) is 5.95 Å². The number of H-pyrrole nitrogens is 1. The number of fused-ring (bicyclic) bond motifs is 1. The lowest BCUT2D eigenvalue weighted by Gasteiger charge is -2.29. The van der Waals surface area contributed by atoms with E-state index in [9.17, 15) is 22.8 Å². The normalized spacial score (nSPS) is 20.0. The first-order valence-corrected chi connectivity index (χ1v) is 9.46. The van der Waals surface area contributed by atoms with Crippen molar-refractivity contribution in [2.45, 2.75) is 45.3 Å². The van der Waals surface area contributed by atoms with E-state index in [1.54, 1.807) is 6.92 Å². The molecule has 0 saturated heterocycles. The minimum atomic E-state index is -4.16. The molecule has 4 rings (SSSR count). The first kappa shape index (κ1) is 20.1. The van der Waals surface area contributed by atoms with Crippen molar-refractivity contribution in [3.05, 3.63) is 34.0 Å². The summed E-state index contributed by atoms with van der Waals surface area (Å²) < 4.78 is 41.3. The second kappa shape index (κ2) is 7.26. The zero-order chi connectivity index (χ0) is 21.6. The third kappa shape index (κ3) is 3.68. The van der Waals surface area contributed by atoms with Crippen LogP contribution in [-0.2, 0) is 6.54 Å². The number of carboxylic acid groups (broad SMARTS) is 1. The highest BCUT2D eigenvalue weighted by Crippen LogP contribution is 2.40. The lowest BCUT2D eigenvalue weighted by Crippen LogP contribution is -2.29. The van der Waals surface area contributed by atoms with Crippen molar-refractivity contribution in [3.8, 4) is 5.95 Å². The summed E-state index contributed by atoms with van der Waals surface area (Å²) in [4.78, 5) is 30.7. The first-order valence-electron chi connectivity index (χ1n) is 9.46. The number of hydrogen-bond donors (Lipinski definition) is 2. The third-order valence-corrected chi connectivity index (χ3v) is 5.54. The maximum absolute atomic E-state index is 12.9. The second-order valence-electron chi connectivity index (χ2n) is 7.59. The van der Waals surface area contributed by atoms with Crippen molar-refractivity contribution in [2.75, 3.05) is 0 Å². The van der Waals surface area contributed by atoms with Gasteiger partial charge in [0.05, 0.1) is 23.4 Å². The molecular formula is C18H19F3N6O3. The Labute approximate surface area is 167 Å². The van der Waals surface area contributed by atoms with Crippen LogP contribution in [-0.4, -0.2) is 46.8 Å². The van der Waals surface area contributed by atoms with Crippen LogP contribution < -0.4 is 5.56 Å². The SMILES string of the molecule is Cc1nn(CC2CCC(C(F)(F)F)CC2)c2c(=O)[nH]c(-n3cc(C(=O)O)cn3)nc12. The number of aromatic amines is 1. The van der Waals surface area contributed by atoms with Crippen LogP contribution in [0.2, 0.25) is 0 Å². The third-order valence-electron chi connectivity index (χ3n) is 5.54. The molecule has 3 heterocycles. The van der Waals surface area contributed by atoms with Gasteiger partial charge in [-0.05, 0) is 38.5 Å². The predicted molar refractivity (Wildman–Crippen MR) is 98.5 cm³/mol. The summed E-state index contributed by atoms with van der Waals surface area (Å²) in [5.74, 6) is -2.38. The maximum atomic E-state index is 12.9. The number of nitrogens with zero attached hydrogens (tertiary/aromatic N) is 5. The fraction of sp³-hybridized carbons (Fsp3) is 0.500. The monoisotopic (exact) mass is 424 g/mol. The molecule has 0 atom stereocenters. The highest BCUT2D eigenvalue weighted by molar-refractivity contribution is 5.87. The fourth-order valence-electron chi connectivity index (χ4n) is 3.93. The van der Waals surface area contributed by atoms with E-state index >= 15 is 0 Å².